The Kier molecular flexibility index (Phi) is 7.46. The van der Waals surface area contributed by atoms with Gasteiger partial charge >= 0.3 is 0 Å². The summed E-state index contributed by atoms with van der Waals surface area (Å²) in [5.41, 5.74) is 0. The van der Waals surface area contributed by atoms with Crippen LogP contribution in [0.3, 0.4) is 0 Å². The molecule has 0 aromatic rings. The van der Waals surface area contributed by atoms with Gasteiger partial charge in [-0.15, -0.1) is 0 Å². The van der Waals surface area contributed by atoms with Crippen molar-refractivity contribution >= 4 is 5.96 Å². The van der Waals surface area contributed by atoms with Crippen molar-refractivity contribution < 1.29 is 4.74 Å². The van der Waals surface area contributed by atoms with E-state index in [0.29, 0.717) is 6.04 Å². The maximum absolute atomic E-state index is 5.22. The molecule has 2 aliphatic rings. The minimum Gasteiger partial charge on any atom is -0.383 e. The van der Waals surface area contributed by atoms with Gasteiger partial charge in [0.2, 0.25) is 0 Å². The normalized spacial score (nSPS) is 25.0. The fourth-order valence-corrected chi connectivity index (χ4v) is 3.44. The maximum Gasteiger partial charge on any atom is 0.193 e. The van der Waals surface area contributed by atoms with Gasteiger partial charge in [-0.05, 0) is 45.1 Å². The number of likely N-dealkylation sites (tertiary alicyclic amines) is 2. The van der Waals surface area contributed by atoms with Gasteiger partial charge in [-0.2, -0.15) is 0 Å². The first-order chi connectivity index (χ1) is 10.7. The van der Waals surface area contributed by atoms with Crippen molar-refractivity contribution in [2.45, 2.75) is 45.6 Å². The molecule has 0 spiro atoms. The summed E-state index contributed by atoms with van der Waals surface area (Å²) in [5.74, 6) is 1.98. The third-order valence-electron chi connectivity index (χ3n) is 4.95. The zero-order valence-electron chi connectivity index (χ0n) is 14.7. The number of hydrogen-bond donors (Lipinski definition) is 1. The number of guanidine groups is 1. The molecule has 2 fully saturated rings. The molecule has 2 heterocycles. The van der Waals surface area contributed by atoms with Crippen molar-refractivity contribution in [3.05, 3.63) is 0 Å². The molecule has 0 radical (unpaired) electrons. The van der Waals surface area contributed by atoms with Crippen LogP contribution in [-0.4, -0.2) is 74.8 Å². The molecule has 22 heavy (non-hydrogen) atoms. The highest BCUT2D eigenvalue weighted by Crippen LogP contribution is 2.18. The van der Waals surface area contributed by atoms with E-state index in [1.807, 2.05) is 0 Å². The van der Waals surface area contributed by atoms with Gasteiger partial charge in [0, 0.05) is 39.3 Å². The van der Waals surface area contributed by atoms with Crippen LogP contribution >= 0.6 is 0 Å². The molecule has 0 bridgehead atoms. The summed E-state index contributed by atoms with van der Waals surface area (Å²) in [6, 6.07) is 0.590. The molecular weight excluding hydrogens is 276 g/mol. The predicted octanol–water partition coefficient (Wildman–Crippen LogP) is 1.79. The Hall–Kier alpha value is -0.810. The van der Waals surface area contributed by atoms with Crippen LogP contribution in [0.4, 0.5) is 0 Å². The molecule has 2 aliphatic heterocycles. The topological polar surface area (TPSA) is 40.1 Å². The molecule has 0 saturated carbocycles. The van der Waals surface area contributed by atoms with Crippen LogP contribution in [0.25, 0.3) is 0 Å². The van der Waals surface area contributed by atoms with Crippen molar-refractivity contribution in [3.63, 3.8) is 0 Å². The molecule has 0 aliphatic carbocycles. The fraction of sp³-hybridized carbons (Fsp3) is 0.941. The van der Waals surface area contributed by atoms with Crippen LogP contribution in [-0.2, 0) is 4.74 Å². The molecule has 0 aromatic heterocycles. The van der Waals surface area contributed by atoms with Crippen LogP contribution in [0.2, 0.25) is 0 Å². The van der Waals surface area contributed by atoms with E-state index in [4.69, 9.17) is 9.73 Å². The van der Waals surface area contributed by atoms with Gasteiger partial charge in [0.25, 0.3) is 0 Å². The second-order valence-corrected chi connectivity index (χ2v) is 6.69. The Morgan fingerprint density at radius 3 is 2.68 bits per heavy atom. The molecule has 5 heteroatoms. The molecule has 128 valence electrons. The average Bonchev–Trinajstić information content (AvgIpc) is 2.97. The number of aliphatic imine (C=N–C) groups is 1. The number of methoxy groups -OCH3 is 1. The summed E-state index contributed by atoms with van der Waals surface area (Å²) in [5, 5.41) is 3.48. The summed E-state index contributed by atoms with van der Waals surface area (Å²) in [4.78, 5) is 9.93. The zero-order chi connectivity index (χ0) is 15.8. The van der Waals surface area contributed by atoms with Crippen molar-refractivity contribution in [1.82, 2.24) is 15.1 Å². The van der Waals surface area contributed by atoms with E-state index in [9.17, 15) is 0 Å². The van der Waals surface area contributed by atoms with Crippen LogP contribution < -0.4 is 5.32 Å². The van der Waals surface area contributed by atoms with Crippen LogP contribution in [0.15, 0.2) is 4.99 Å². The lowest BCUT2D eigenvalue weighted by Gasteiger charge is -2.33. The van der Waals surface area contributed by atoms with E-state index >= 15 is 0 Å². The zero-order valence-corrected chi connectivity index (χ0v) is 14.7. The number of ether oxygens (including phenoxy) is 1. The van der Waals surface area contributed by atoms with Gasteiger partial charge in [-0.3, -0.25) is 9.89 Å². The first kappa shape index (κ1) is 17.5. The van der Waals surface area contributed by atoms with E-state index in [0.717, 1.165) is 51.2 Å². The van der Waals surface area contributed by atoms with E-state index in [2.05, 4.69) is 29.0 Å². The number of nitrogens with zero attached hydrogens (tertiary/aromatic N) is 3. The fourth-order valence-electron chi connectivity index (χ4n) is 3.44. The second kappa shape index (κ2) is 9.36. The third kappa shape index (κ3) is 5.13. The lowest BCUT2D eigenvalue weighted by molar-refractivity contribution is 0.142. The molecule has 0 amide bonds. The SMILES string of the molecule is CCNC(=NCC1CCCN1CCOC)N1CCC(C)CC1. The van der Waals surface area contributed by atoms with Gasteiger partial charge in [-0.25, -0.2) is 0 Å². The molecule has 2 rings (SSSR count). The van der Waals surface area contributed by atoms with Gasteiger partial charge in [0.05, 0.1) is 13.2 Å². The molecule has 5 nitrogen and oxygen atoms in total. The van der Waals surface area contributed by atoms with Crippen molar-refractivity contribution in [2.75, 3.05) is 53.0 Å². The number of hydrogen-bond acceptors (Lipinski definition) is 3. The Bertz CT molecular complexity index is 340. The Morgan fingerprint density at radius 1 is 1.23 bits per heavy atom. The first-order valence-corrected chi connectivity index (χ1v) is 9.00. The van der Waals surface area contributed by atoms with Gasteiger partial charge in [-0.1, -0.05) is 6.92 Å². The first-order valence-electron chi connectivity index (χ1n) is 9.00. The molecule has 1 unspecified atom stereocenters. The summed E-state index contributed by atoms with van der Waals surface area (Å²) >= 11 is 0. The summed E-state index contributed by atoms with van der Waals surface area (Å²) in [6.45, 7) is 11.7. The monoisotopic (exact) mass is 310 g/mol. The molecule has 1 N–H and O–H groups in total. The minimum absolute atomic E-state index is 0.590. The summed E-state index contributed by atoms with van der Waals surface area (Å²) in [7, 11) is 1.78. The largest absolute Gasteiger partial charge is 0.383 e. The van der Waals surface area contributed by atoms with Crippen molar-refractivity contribution in [2.24, 2.45) is 10.9 Å². The van der Waals surface area contributed by atoms with Crippen LogP contribution in [0.5, 0.6) is 0 Å². The van der Waals surface area contributed by atoms with E-state index in [-0.39, 0.29) is 0 Å². The standard InChI is InChI=1S/C17H34N4O/c1-4-18-17(21-10-7-15(2)8-11-21)19-14-16-6-5-9-20(16)12-13-22-3/h15-16H,4-14H2,1-3H3,(H,18,19). The van der Waals surface area contributed by atoms with E-state index < -0.39 is 0 Å². The lowest BCUT2D eigenvalue weighted by atomic mass is 10.00. The minimum atomic E-state index is 0.590. The van der Waals surface area contributed by atoms with Crippen molar-refractivity contribution in [3.8, 4) is 0 Å². The second-order valence-electron chi connectivity index (χ2n) is 6.69. The number of piperidine rings is 1. The Labute approximate surface area is 136 Å². The smallest absolute Gasteiger partial charge is 0.193 e. The number of rotatable bonds is 6. The summed E-state index contributed by atoms with van der Waals surface area (Å²) in [6.07, 6.45) is 5.13. The molecule has 0 aromatic carbocycles. The predicted molar refractivity (Wildman–Crippen MR) is 92.4 cm³/mol. The van der Waals surface area contributed by atoms with E-state index in [1.54, 1.807) is 7.11 Å². The highest BCUT2D eigenvalue weighted by Gasteiger charge is 2.24. The quantitative estimate of drug-likeness (QED) is 0.600. The third-order valence-corrected chi connectivity index (χ3v) is 4.95. The lowest BCUT2D eigenvalue weighted by Crippen LogP contribution is -2.46. The Morgan fingerprint density at radius 2 is 2.00 bits per heavy atom. The van der Waals surface area contributed by atoms with Crippen LogP contribution in [0.1, 0.15) is 39.5 Å². The molecular formula is C17H34N4O. The highest BCUT2D eigenvalue weighted by molar-refractivity contribution is 5.80. The average molecular weight is 310 g/mol. The van der Waals surface area contributed by atoms with Crippen LogP contribution in [0, 0.1) is 5.92 Å². The van der Waals surface area contributed by atoms with Gasteiger partial charge in [0.15, 0.2) is 5.96 Å². The molecule has 1 atom stereocenters. The number of nitrogens with one attached hydrogen (secondary N) is 1. The molecule has 2 saturated heterocycles. The van der Waals surface area contributed by atoms with Gasteiger partial charge in [0.1, 0.15) is 0 Å². The highest BCUT2D eigenvalue weighted by atomic mass is 16.5. The maximum atomic E-state index is 5.22. The Balaban J connectivity index is 1.88. The van der Waals surface area contributed by atoms with Crippen molar-refractivity contribution in [1.29, 1.82) is 0 Å². The van der Waals surface area contributed by atoms with Gasteiger partial charge < -0.3 is 15.0 Å². The summed E-state index contributed by atoms with van der Waals surface area (Å²) < 4.78 is 5.22. The van der Waals surface area contributed by atoms with E-state index in [1.165, 1.54) is 32.2 Å².